The molecule has 2 heterocycles. The van der Waals surface area contributed by atoms with Crippen LogP contribution in [0.2, 0.25) is 0 Å². The fourth-order valence-electron chi connectivity index (χ4n) is 3.87. The minimum atomic E-state index is -0.350. The van der Waals surface area contributed by atoms with E-state index in [-0.39, 0.29) is 30.4 Å². The van der Waals surface area contributed by atoms with E-state index in [4.69, 9.17) is 0 Å². The van der Waals surface area contributed by atoms with Crippen LogP contribution in [0.3, 0.4) is 0 Å². The number of anilines is 1. The smallest absolute Gasteiger partial charge is 0.238 e. The third kappa shape index (κ3) is 4.81. The number of nitrogens with one attached hydrogen (secondary N) is 3. The van der Waals surface area contributed by atoms with E-state index < -0.39 is 0 Å². The van der Waals surface area contributed by atoms with Crippen molar-refractivity contribution in [2.45, 2.75) is 44.2 Å². The fourth-order valence-corrected chi connectivity index (χ4v) is 3.87. The monoisotopic (exact) mass is 396 g/mol. The van der Waals surface area contributed by atoms with Gasteiger partial charge in [0.15, 0.2) is 0 Å². The summed E-state index contributed by atoms with van der Waals surface area (Å²) in [6.45, 7) is 0.173. The van der Waals surface area contributed by atoms with Crippen LogP contribution in [-0.2, 0) is 11.2 Å². The molecular formula is C22H25FN4O2. The largest absolute Gasteiger partial charge is 0.393 e. The van der Waals surface area contributed by atoms with Crippen LogP contribution < -0.4 is 10.6 Å². The number of aliphatic hydroxyl groups excluding tert-OH is 1. The van der Waals surface area contributed by atoms with Crippen LogP contribution in [0.4, 0.5) is 10.1 Å². The predicted octanol–water partition coefficient (Wildman–Crippen LogP) is 3.12. The number of carbonyl (C=O) groups excluding carboxylic acids is 1. The molecule has 1 amide bonds. The van der Waals surface area contributed by atoms with E-state index >= 15 is 0 Å². The van der Waals surface area contributed by atoms with Gasteiger partial charge in [0.1, 0.15) is 11.5 Å². The van der Waals surface area contributed by atoms with Gasteiger partial charge in [0.25, 0.3) is 0 Å². The molecule has 0 atom stereocenters. The van der Waals surface area contributed by atoms with Gasteiger partial charge in [0.2, 0.25) is 5.91 Å². The number of aromatic nitrogens is 2. The van der Waals surface area contributed by atoms with E-state index in [1.165, 1.54) is 6.07 Å². The third-order valence-electron chi connectivity index (χ3n) is 5.52. The normalized spacial score (nSPS) is 19.4. The Morgan fingerprint density at radius 2 is 2.00 bits per heavy atom. The quantitative estimate of drug-likeness (QED) is 0.515. The predicted molar refractivity (Wildman–Crippen MR) is 110 cm³/mol. The summed E-state index contributed by atoms with van der Waals surface area (Å²) in [6.07, 6.45) is 7.01. The molecule has 0 spiro atoms. The Morgan fingerprint density at radius 3 is 2.79 bits per heavy atom. The summed E-state index contributed by atoms with van der Waals surface area (Å²) in [6, 6.07) is 8.86. The number of hydrogen-bond acceptors (Lipinski definition) is 4. The van der Waals surface area contributed by atoms with Gasteiger partial charge in [-0.2, -0.15) is 0 Å². The number of fused-ring (bicyclic) bond motifs is 1. The first kappa shape index (κ1) is 19.5. The molecular weight excluding hydrogens is 371 g/mol. The Hall–Kier alpha value is -2.77. The number of halogens is 1. The second kappa shape index (κ2) is 8.71. The zero-order valence-electron chi connectivity index (χ0n) is 16.1. The van der Waals surface area contributed by atoms with Gasteiger partial charge < -0.3 is 20.7 Å². The van der Waals surface area contributed by atoms with Gasteiger partial charge in [0, 0.05) is 35.9 Å². The molecule has 0 aliphatic heterocycles. The van der Waals surface area contributed by atoms with Gasteiger partial charge in [-0.3, -0.25) is 4.79 Å². The van der Waals surface area contributed by atoms with Gasteiger partial charge in [-0.25, -0.2) is 9.37 Å². The average molecular weight is 396 g/mol. The van der Waals surface area contributed by atoms with Gasteiger partial charge >= 0.3 is 0 Å². The molecule has 2 aromatic heterocycles. The van der Waals surface area contributed by atoms with E-state index in [1.54, 1.807) is 18.3 Å². The molecule has 0 saturated heterocycles. The number of benzene rings is 1. The molecule has 29 heavy (non-hydrogen) atoms. The highest BCUT2D eigenvalue weighted by Crippen LogP contribution is 2.22. The van der Waals surface area contributed by atoms with E-state index in [0.717, 1.165) is 42.3 Å². The summed E-state index contributed by atoms with van der Waals surface area (Å²) in [4.78, 5) is 19.5. The van der Waals surface area contributed by atoms with E-state index in [2.05, 4.69) is 20.6 Å². The zero-order chi connectivity index (χ0) is 20.2. The van der Waals surface area contributed by atoms with Crippen molar-refractivity contribution >= 4 is 22.6 Å². The lowest BCUT2D eigenvalue weighted by atomic mass is 9.93. The number of H-pyrrole nitrogens is 1. The summed E-state index contributed by atoms with van der Waals surface area (Å²) in [5.74, 6) is -0.552. The summed E-state index contributed by atoms with van der Waals surface area (Å²) in [7, 11) is 0. The van der Waals surface area contributed by atoms with Crippen molar-refractivity contribution < 1.29 is 14.3 Å². The van der Waals surface area contributed by atoms with E-state index in [1.807, 2.05) is 18.3 Å². The molecule has 1 fully saturated rings. The van der Waals surface area contributed by atoms with Crippen LogP contribution in [0.15, 0.2) is 42.7 Å². The highest BCUT2D eigenvalue weighted by molar-refractivity contribution is 5.92. The Kier molecular flexibility index (Phi) is 5.87. The first-order valence-corrected chi connectivity index (χ1v) is 9.99. The molecule has 6 nitrogen and oxygen atoms in total. The molecule has 0 bridgehead atoms. The number of rotatable bonds is 6. The van der Waals surface area contributed by atoms with Gasteiger partial charge in [-0.15, -0.1) is 0 Å². The molecule has 1 saturated carbocycles. The Balaban J connectivity index is 1.34. The zero-order valence-corrected chi connectivity index (χ0v) is 16.1. The lowest BCUT2D eigenvalue weighted by Crippen LogP contribution is -2.39. The van der Waals surface area contributed by atoms with Crippen LogP contribution in [0.1, 0.15) is 36.8 Å². The minimum Gasteiger partial charge on any atom is -0.393 e. The SMILES string of the molecule is O=C(CNC1CCC(O)CC1)Nc1ccc(Cc2ccnc3[nH]ccc23)c(F)c1. The molecule has 0 radical (unpaired) electrons. The highest BCUT2D eigenvalue weighted by Gasteiger charge is 2.19. The van der Waals surface area contributed by atoms with E-state index in [0.29, 0.717) is 17.7 Å². The maximum Gasteiger partial charge on any atom is 0.238 e. The first-order valence-electron chi connectivity index (χ1n) is 9.99. The third-order valence-corrected chi connectivity index (χ3v) is 5.52. The molecule has 7 heteroatoms. The number of nitrogens with zero attached hydrogens (tertiary/aromatic N) is 1. The van der Waals surface area contributed by atoms with Crippen LogP contribution in [0, 0.1) is 5.82 Å². The molecule has 4 N–H and O–H groups in total. The molecule has 1 aliphatic rings. The topological polar surface area (TPSA) is 90.0 Å². The van der Waals surface area contributed by atoms with Crippen molar-refractivity contribution in [1.82, 2.24) is 15.3 Å². The van der Waals surface area contributed by atoms with E-state index in [9.17, 15) is 14.3 Å². The number of amides is 1. The second-order valence-electron chi connectivity index (χ2n) is 7.63. The van der Waals surface area contributed by atoms with Crippen LogP contribution in [0.5, 0.6) is 0 Å². The maximum atomic E-state index is 14.6. The van der Waals surface area contributed by atoms with Gasteiger partial charge in [-0.05, 0) is 61.1 Å². The fraction of sp³-hybridized carbons (Fsp3) is 0.364. The van der Waals surface area contributed by atoms with Crippen LogP contribution in [0.25, 0.3) is 11.0 Å². The van der Waals surface area contributed by atoms with Crippen LogP contribution in [-0.4, -0.2) is 39.7 Å². The van der Waals surface area contributed by atoms with Crippen molar-refractivity contribution in [1.29, 1.82) is 0 Å². The molecule has 0 unspecified atom stereocenters. The molecule has 3 aromatic rings. The molecule has 152 valence electrons. The van der Waals surface area contributed by atoms with Crippen molar-refractivity contribution in [2.24, 2.45) is 0 Å². The number of carbonyl (C=O) groups is 1. The van der Waals surface area contributed by atoms with Crippen molar-refractivity contribution in [3.63, 3.8) is 0 Å². The number of pyridine rings is 1. The molecule has 1 aromatic carbocycles. The second-order valence-corrected chi connectivity index (χ2v) is 7.63. The number of aromatic amines is 1. The Bertz CT molecular complexity index is 995. The van der Waals surface area contributed by atoms with Gasteiger partial charge in [-0.1, -0.05) is 6.07 Å². The summed E-state index contributed by atoms with van der Waals surface area (Å²) in [5.41, 5.74) is 2.79. The minimum absolute atomic E-state index is 0.173. The average Bonchev–Trinajstić information content (AvgIpc) is 3.19. The lowest BCUT2D eigenvalue weighted by molar-refractivity contribution is -0.115. The van der Waals surface area contributed by atoms with Crippen LogP contribution >= 0.6 is 0 Å². The summed E-state index contributed by atoms with van der Waals surface area (Å²) < 4.78 is 14.6. The van der Waals surface area contributed by atoms with Crippen molar-refractivity contribution in [2.75, 3.05) is 11.9 Å². The Labute approximate surface area is 168 Å². The number of hydrogen-bond donors (Lipinski definition) is 4. The molecule has 1 aliphatic carbocycles. The number of aliphatic hydroxyl groups is 1. The lowest BCUT2D eigenvalue weighted by Gasteiger charge is -2.26. The standard InChI is InChI=1S/C22H25FN4O2/c23-20-12-17(27-21(29)13-26-16-3-5-18(28)6-4-16)2-1-15(20)11-14-7-9-24-22-19(14)8-10-25-22/h1-2,7-10,12,16,18,26,28H,3-6,11,13H2,(H,24,25)(H,27,29). The summed E-state index contributed by atoms with van der Waals surface area (Å²) in [5, 5.41) is 16.5. The summed E-state index contributed by atoms with van der Waals surface area (Å²) >= 11 is 0. The maximum absolute atomic E-state index is 14.6. The first-order chi connectivity index (χ1) is 14.1. The highest BCUT2D eigenvalue weighted by atomic mass is 19.1. The van der Waals surface area contributed by atoms with Crippen molar-refractivity contribution in [3.8, 4) is 0 Å². The van der Waals surface area contributed by atoms with Crippen molar-refractivity contribution in [3.05, 3.63) is 59.7 Å². The molecule has 4 rings (SSSR count). The Morgan fingerprint density at radius 1 is 1.17 bits per heavy atom. The van der Waals surface area contributed by atoms with Gasteiger partial charge in [0.05, 0.1) is 12.6 Å².